The molecule has 0 bridgehead atoms. The first-order chi connectivity index (χ1) is 15.1. The molecule has 1 fully saturated rings. The summed E-state index contributed by atoms with van der Waals surface area (Å²) in [7, 11) is 0. The highest BCUT2D eigenvalue weighted by Gasteiger charge is 2.37. The third-order valence-corrected chi connectivity index (χ3v) is 5.52. The van der Waals surface area contributed by atoms with E-state index < -0.39 is 11.9 Å². The fourth-order valence-corrected chi connectivity index (χ4v) is 3.71. The Morgan fingerprint density at radius 3 is 2.56 bits per heavy atom. The molecular formula is C22H23F4N5O. The van der Waals surface area contributed by atoms with E-state index in [1.54, 1.807) is 30.7 Å². The normalized spacial score (nSPS) is 14.1. The van der Waals surface area contributed by atoms with E-state index in [0.717, 1.165) is 24.5 Å². The molecule has 1 aromatic carbocycles. The largest absolute Gasteiger partial charge is 0.435 e. The van der Waals surface area contributed by atoms with Crippen molar-refractivity contribution < 1.29 is 22.4 Å². The highest BCUT2D eigenvalue weighted by molar-refractivity contribution is 5.91. The second-order valence-electron chi connectivity index (χ2n) is 8.08. The number of nitrogens with one attached hydrogen (secondary N) is 1. The minimum absolute atomic E-state index is 0.0212. The molecule has 0 unspecified atom stereocenters. The van der Waals surface area contributed by atoms with E-state index in [-0.39, 0.29) is 30.6 Å². The summed E-state index contributed by atoms with van der Waals surface area (Å²) in [6.07, 6.45) is -2.87. The summed E-state index contributed by atoms with van der Waals surface area (Å²) in [4.78, 5) is 12.5. The molecule has 6 nitrogen and oxygen atoms in total. The van der Waals surface area contributed by atoms with Crippen molar-refractivity contribution in [1.29, 1.82) is 0 Å². The molecule has 0 radical (unpaired) electrons. The van der Waals surface area contributed by atoms with Crippen LogP contribution in [0.1, 0.15) is 53.5 Å². The van der Waals surface area contributed by atoms with Crippen molar-refractivity contribution in [2.75, 3.05) is 5.32 Å². The van der Waals surface area contributed by atoms with Crippen molar-refractivity contribution in [1.82, 2.24) is 19.6 Å². The van der Waals surface area contributed by atoms with Gasteiger partial charge in [0.15, 0.2) is 5.69 Å². The van der Waals surface area contributed by atoms with E-state index in [4.69, 9.17) is 0 Å². The van der Waals surface area contributed by atoms with Crippen molar-refractivity contribution in [2.24, 2.45) is 0 Å². The Kier molecular flexibility index (Phi) is 5.79. The molecule has 2 heterocycles. The predicted octanol–water partition coefficient (Wildman–Crippen LogP) is 4.81. The summed E-state index contributed by atoms with van der Waals surface area (Å²) in [5.74, 6) is -0.602. The van der Waals surface area contributed by atoms with E-state index in [9.17, 15) is 22.4 Å². The van der Waals surface area contributed by atoms with Crippen LogP contribution in [-0.2, 0) is 24.1 Å². The number of hydrogen-bond acceptors (Lipinski definition) is 3. The maximum absolute atomic E-state index is 13.4. The molecule has 0 saturated heterocycles. The molecule has 170 valence electrons. The number of nitrogens with zero attached hydrogens (tertiary/aromatic N) is 4. The molecular weight excluding hydrogens is 426 g/mol. The number of carbonyl (C=O) groups excluding carboxylic acids is 1. The number of benzene rings is 1. The van der Waals surface area contributed by atoms with Gasteiger partial charge in [0.05, 0.1) is 23.6 Å². The molecule has 1 aliphatic rings. The van der Waals surface area contributed by atoms with Crippen LogP contribution in [0.2, 0.25) is 0 Å². The Bertz CT molecular complexity index is 1140. The number of carbonyl (C=O) groups is 1. The summed E-state index contributed by atoms with van der Waals surface area (Å²) < 4.78 is 55.5. The summed E-state index contributed by atoms with van der Waals surface area (Å²) in [5.41, 5.74) is 2.19. The van der Waals surface area contributed by atoms with Gasteiger partial charge in [-0.2, -0.15) is 23.4 Å². The molecule has 0 atom stereocenters. The summed E-state index contributed by atoms with van der Waals surface area (Å²) in [5, 5.41) is 10.9. The lowest BCUT2D eigenvalue weighted by molar-refractivity contribution is -0.141. The molecule has 3 aromatic rings. The number of hydrogen-bond donors (Lipinski definition) is 1. The summed E-state index contributed by atoms with van der Waals surface area (Å²) in [6, 6.07) is 7.27. The van der Waals surface area contributed by atoms with Crippen LogP contribution in [0.3, 0.4) is 0 Å². The number of anilines is 1. The molecule has 1 amide bonds. The average molecular weight is 449 g/mol. The monoisotopic (exact) mass is 449 g/mol. The van der Waals surface area contributed by atoms with E-state index >= 15 is 0 Å². The zero-order valence-electron chi connectivity index (χ0n) is 17.7. The second kappa shape index (κ2) is 8.40. The molecule has 4 rings (SSSR count). The van der Waals surface area contributed by atoms with Crippen LogP contribution in [-0.4, -0.2) is 25.5 Å². The minimum Gasteiger partial charge on any atom is -0.323 e. The maximum Gasteiger partial charge on any atom is 0.435 e. The fourth-order valence-electron chi connectivity index (χ4n) is 3.71. The third kappa shape index (κ3) is 4.84. The Balaban J connectivity index is 1.43. The van der Waals surface area contributed by atoms with Gasteiger partial charge >= 0.3 is 6.18 Å². The van der Waals surface area contributed by atoms with Gasteiger partial charge in [0.1, 0.15) is 5.82 Å². The van der Waals surface area contributed by atoms with E-state index in [2.05, 4.69) is 15.5 Å². The first kappa shape index (κ1) is 22.0. The van der Waals surface area contributed by atoms with Gasteiger partial charge in [0.25, 0.3) is 0 Å². The number of amides is 1. The van der Waals surface area contributed by atoms with Crippen LogP contribution in [0, 0.1) is 19.7 Å². The molecule has 1 aliphatic carbocycles. The lowest BCUT2D eigenvalue weighted by atomic mass is 10.2. The van der Waals surface area contributed by atoms with Gasteiger partial charge < -0.3 is 5.32 Å². The highest BCUT2D eigenvalue weighted by Crippen LogP contribution is 2.42. The number of halogens is 4. The molecule has 1 saturated carbocycles. The van der Waals surface area contributed by atoms with Crippen molar-refractivity contribution in [2.45, 2.75) is 58.3 Å². The zero-order valence-corrected chi connectivity index (χ0v) is 17.7. The van der Waals surface area contributed by atoms with Crippen molar-refractivity contribution in [3.05, 3.63) is 64.5 Å². The first-order valence-electron chi connectivity index (χ1n) is 10.3. The molecule has 0 spiro atoms. The lowest BCUT2D eigenvalue weighted by Crippen LogP contribution is -2.17. The quantitative estimate of drug-likeness (QED) is 0.527. The first-order valence-corrected chi connectivity index (χ1v) is 10.3. The summed E-state index contributed by atoms with van der Waals surface area (Å²) >= 11 is 0. The van der Waals surface area contributed by atoms with Crippen LogP contribution < -0.4 is 5.32 Å². The Morgan fingerprint density at radius 1 is 1.16 bits per heavy atom. The van der Waals surface area contributed by atoms with Crippen molar-refractivity contribution >= 4 is 11.6 Å². The minimum atomic E-state index is -4.51. The van der Waals surface area contributed by atoms with Gasteiger partial charge in [-0.1, -0.05) is 12.1 Å². The van der Waals surface area contributed by atoms with Crippen molar-refractivity contribution in [3.8, 4) is 0 Å². The van der Waals surface area contributed by atoms with Gasteiger partial charge in [0.2, 0.25) is 5.91 Å². The standard InChI is InChI=1S/C22H23F4N5O/c1-13-21(14(2)31(28-13)12-15-4-3-5-17(23)10-15)27-20(32)8-9-30-18(16-6-7-16)11-19(29-30)22(24,25)26/h3-5,10-11,16H,6-9,12H2,1-2H3,(H,27,32). The van der Waals surface area contributed by atoms with Crippen LogP contribution >= 0.6 is 0 Å². The number of aryl methyl sites for hydroxylation is 2. The molecule has 10 heteroatoms. The van der Waals surface area contributed by atoms with Crippen LogP contribution in [0.5, 0.6) is 0 Å². The van der Waals surface area contributed by atoms with Gasteiger partial charge in [-0.05, 0) is 50.5 Å². The Hall–Kier alpha value is -3.17. The van der Waals surface area contributed by atoms with Crippen molar-refractivity contribution in [3.63, 3.8) is 0 Å². The fraction of sp³-hybridized carbons (Fsp3) is 0.409. The molecule has 1 N–H and O–H groups in total. The smallest absolute Gasteiger partial charge is 0.323 e. The van der Waals surface area contributed by atoms with E-state index in [1.807, 2.05) is 0 Å². The SMILES string of the molecule is Cc1nn(Cc2cccc(F)c2)c(C)c1NC(=O)CCn1nc(C(F)(F)F)cc1C1CC1. The topological polar surface area (TPSA) is 64.7 Å². The number of aromatic nitrogens is 4. The number of alkyl halides is 3. The van der Waals surface area contributed by atoms with Crippen LogP contribution in [0.25, 0.3) is 0 Å². The second-order valence-corrected chi connectivity index (χ2v) is 8.08. The lowest BCUT2D eigenvalue weighted by Gasteiger charge is -2.09. The van der Waals surface area contributed by atoms with E-state index in [0.29, 0.717) is 29.3 Å². The average Bonchev–Trinajstić information content (AvgIpc) is 3.41. The zero-order chi connectivity index (χ0) is 23.0. The van der Waals surface area contributed by atoms with Gasteiger partial charge in [0, 0.05) is 24.6 Å². The summed E-state index contributed by atoms with van der Waals surface area (Å²) in [6.45, 7) is 3.95. The molecule has 0 aliphatic heterocycles. The Labute approximate surface area is 182 Å². The van der Waals surface area contributed by atoms with Crippen LogP contribution in [0.15, 0.2) is 30.3 Å². The highest BCUT2D eigenvalue weighted by atomic mass is 19.4. The molecule has 32 heavy (non-hydrogen) atoms. The van der Waals surface area contributed by atoms with Gasteiger partial charge in [-0.15, -0.1) is 0 Å². The third-order valence-electron chi connectivity index (χ3n) is 5.52. The van der Waals surface area contributed by atoms with Gasteiger partial charge in [-0.3, -0.25) is 14.2 Å². The predicted molar refractivity (Wildman–Crippen MR) is 110 cm³/mol. The maximum atomic E-state index is 13.4. The number of rotatable bonds is 7. The molecule has 2 aromatic heterocycles. The van der Waals surface area contributed by atoms with Crippen LogP contribution in [0.4, 0.5) is 23.2 Å². The Morgan fingerprint density at radius 2 is 1.91 bits per heavy atom. The van der Waals surface area contributed by atoms with E-state index in [1.165, 1.54) is 16.8 Å². The van der Waals surface area contributed by atoms with Gasteiger partial charge in [-0.25, -0.2) is 4.39 Å².